The first kappa shape index (κ1) is 19.0. The van der Waals surface area contributed by atoms with Crippen molar-refractivity contribution < 1.29 is 14.0 Å². The van der Waals surface area contributed by atoms with Crippen LogP contribution in [0.5, 0.6) is 0 Å². The van der Waals surface area contributed by atoms with E-state index in [1.165, 1.54) is 31.5 Å². The van der Waals surface area contributed by atoms with Crippen LogP contribution in [0.1, 0.15) is 23.0 Å². The molecule has 0 aliphatic carbocycles. The minimum atomic E-state index is -0.419. The van der Waals surface area contributed by atoms with Crippen LogP contribution < -0.4 is 16.0 Å². The zero-order valence-corrected chi connectivity index (χ0v) is 15.1. The van der Waals surface area contributed by atoms with Gasteiger partial charge in [-0.2, -0.15) is 0 Å². The molecule has 0 unspecified atom stereocenters. The van der Waals surface area contributed by atoms with Crippen molar-refractivity contribution in [2.24, 2.45) is 0 Å². The minimum absolute atomic E-state index is 0.150. The van der Waals surface area contributed by atoms with Gasteiger partial charge in [0.2, 0.25) is 5.91 Å². The maximum Gasteiger partial charge on any atom is 0.275 e. The van der Waals surface area contributed by atoms with Gasteiger partial charge < -0.3 is 16.0 Å². The summed E-state index contributed by atoms with van der Waals surface area (Å²) in [5.41, 5.74) is 2.15. The van der Waals surface area contributed by atoms with Crippen molar-refractivity contribution in [1.29, 1.82) is 0 Å². The lowest BCUT2D eigenvalue weighted by atomic mass is 10.2. The molecule has 0 aliphatic rings. The lowest BCUT2D eigenvalue weighted by Crippen LogP contribution is -2.15. The quantitative estimate of drug-likeness (QED) is 0.610. The fourth-order valence-corrected chi connectivity index (χ4v) is 2.40. The van der Waals surface area contributed by atoms with E-state index in [0.717, 1.165) is 5.56 Å². The number of aromatic nitrogens is 2. The zero-order chi connectivity index (χ0) is 19.9. The molecule has 0 fully saturated rings. The molecule has 0 saturated heterocycles. The van der Waals surface area contributed by atoms with Gasteiger partial charge in [-0.1, -0.05) is 18.2 Å². The number of benzene rings is 2. The first-order valence-corrected chi connectivity index (χ1v) is 8.49. The van der Waals surface area contributed by atoms with E-state index in [-0.39, 0.29) is 17.4 Å². The van der Waals surface area contributed by atoms with Crippen molar-refractivity contribution in [3.63, 3.8) is 0 Å². The van der Waals surface area contributed by atoms with Crippen LogP contribution in [-0.4, -0.2) is 21.8 Å². The summed E-state index contributed by atoms with van der Waals surface area (Å²) in [4.78, 5) is 31.7. The number of carbonyl (C=O) groups is 2. The van der Waals surface area contributed by atoms with E-state index in [1.54, 1.807) is 36.4 Å². The lowest BCUT2D eigenvalue weighted by molar-refractivity contribution is -0.114. The summed E-state index contributed by atoms with van der Waals surface area (Å²) in [6.07, 6.45) is 2.81. The number of anilines is 3. The molecular weight excluding hydrogens is 361 g/mol. The number of nitrogens with zero attached hydrogens (tertiary/aromatic N) is 2. The summed E-state index contributed by atoms with van der Waals surface area (Å²) in [7, 11) is 0. The van der Waals surface area contributed by atoms with Gasteiger partial charge in [0.15, 0.2) is 0 Å². The molecular formula is C20H18FN5O2. The monoisotopic (exact) mass is 379 g/mol. The Labute approximate surface area is 161 Å². The molecule has 3 rings (SSSR count). The Morgan fingerprint density at radius 2 is 1.68 bits per heavy atom. The van der Waals surface area contributed by atoms with Crippen LogP contribution in [0, 0.1) is 5.82 Å². The van der Waals surface area contributed by atoms with Gasteiger partial charge in [-0.15, -0.1) is 0 Å². The number of hydrogen-bond donors (Lipinski definition) is 3. The Hall–Kier alpha value is -3.81. The highest BCUT2D eigenvalue weighted by Gasteiger charge is 2.09. The number of carbonyl (C=O) groups excluding carboxylic acids is 2. The molecule has 0 bridgehead atoms. The normalized spacial score (nSPS) is 10.2. The summed E-state index contributed by atoms with van der Waals surface area (Å²) in [6, 6.07) is 12.9. The Bertz CT molecular complexity index is 975. The Morgan fingerprint density at radius 1 is 0.964 bits per heavy atom. The number of amides is 2. The predicted molar refractivity (Wildman–Crippen MR) is 104 cm³/mol. The second-order valence-electron chi connectivity index (χ2n) is 5.98. The van der Waals surface area contributed by atoms with Gasteiger partial charge in [0.1, 0.15) is 17.3 Å². The average molecular weight is 379 g/mol. The van der Waals surface area contributed by atoms with Gasteiger partial charge in [0, 0.05) is 24.8 Å². The van der Waals surface area contributed by atoms with Crippen molar-refractivity contribution in [2.75, 3.05) is 16.0 Å². The van der Waals surface area contributed by atoms with Crippen LogP contribution in [0.3, 0.4) is 0 Å². The highest BCUT2D eigenvalue weighted by molar-refractivity contribution is 6.03. The van der Waals surface area contributed by atoms with Crippen molar-refractivity contribution in [1.82, 2.24) is 9.97 Å². The largest absolute Gasteiger partial charge is 0.365 e. The standard InChI is InChI=1S/C20H18FN5O2/c1-13(27)25-16-3-2-4-17(9-16)26-20(28)18-11-24-19(12-22-18)23-10-14-5-7-15(21)8-6-14/h2-9,11-12H,10H2,1H3,(H,23,24)(H,25,27)(H,26,28). The first-order chi connectivity index (χ1) is 13.5. The fourth-order valence-electron chi connectivity index (χ4n) is 2.40. The molecule has 2 amide bonds. The molecule has 8 heteroatoms. The van der Waals surface area contributed by atoms with Crippen LogP contribution in [0.2, 0.25) is 0 Å². The second kappa shape index (κ2) is 8.72. The molecule has 0 atom stereocenters. The average Bonchev–Trinajstić information content (AvgIpc) is 2.68. The van der Waals surface area contributed by atoms with E-state index >= 15 is 0 Å². The SMILES string of the molecule is CC(=O)Nc1cccc(NC(=O)c2cnc(NCc3ccc(F)cc3)cn2)c1. The third-order valence-electron chi connectivity index (χ3n) is 3.71. The van der Waals surface area contributed by atoms with E-state index in [0.29, 0.717) is 23.7 Å². The third-order valence-corrected chi connectivity index (χ3v) is 3.71. The van der Waals surface area contributed by atoms with Crippen LogP contribution in [-0.2, 0) is 11.3 Å². The van der Waals surface area contributed by atoms with E-state index in [4.69, 9.17) is 0 Å². The number of hydrogen-bond acceptors (Lipinski definition) is 5. The topological polar surface area (TPSA) is 96.0 Å². The summed E-state index contributed by atoms with van der Waals surface area (Å²) >= 11 is 0. The molecule has 3 N–H and O–H groups in total. The van der Waals surface area contributed by atoms with E-state index in [1.807, 2.05) is 0 Å². The number of halogens is 1. The van der Waals surface area contributed by atoms with Gasteiger partial charge in [-0.3, -0.25) is 9.59 Å². The highest BCUT2D eigenvalue weighted by Crippen LogP contribution is 2.16. The minimum Gasteiger partial charge on any atom is -0.365 e. The zero-order valence-electron chi connectivity index (χ0n) is 15.1. The fraction of sp³-hybridized carbons (Fsp3) is 0.100. The molecule has 1 aromatic heterocycles. The molecule has 2 aromatic carbocycles. The smallest absolute Gasteiger partial charge is 0.275 e. The second-order valence-corrected chi connectivity index (χ2v) is 5.98. The van der Waals surface area contributed by atoms with Gasteiger partial charge >= 0.3 is 0 Å². The number of nitrogens with one attached hydrogen (secondary N) is 3. The summed E-state index contributed by atoms with van der Waals surface area (Å²) in [5.74, 6) is -0.411. The van der Waals surface area contributed by atoms with Crippen molar-refractivity contribution in [3.8, 4) is 0 Å². The molecule has 0 saturated carbocycles. The van der Waals surface area contributed by atoms with Gasteiger partial charge in [0.05, 0.1) is 12.4 Å². The Kier molecular flexibility index (Phi) is 5.91. The summed E-state index contributed by atoms with van der Waals surface area (Å²) in [6.45, 7) is 1.86. The van der Waals surface area contributed by atoms with E-state index in [2.05, 4.69) is 25.9 Å². The molecule has 142 valence electrons. The number of rotatable bonds is 6. The van der Waals surface area contributed by atoms with Crippen LogP contribution >= 0.6 is 0 Å². The molecule has 7 nitrogen and oxygen atoms in total. The van der Waals surface area contributed by atoms with Crippen molar-refractivity contribution >= 4 is 29.0 Å². The molecule has 3 aromatic rings. The lowest BCUT2D eigenvalue weighted by Gasteiger charge is -2.08. The van der Waals surface area contributed by atoms with Crippen LogP contribution in [0.15, 0.2) is 60.9 Å². The molecule has 1 heterocycles. The summed E-state index contributed by atoms with van der Waals surface area (Å²) in [5, 5.41) is 8.41. The van der Waals surface area contributed by atoms with Gasteiger partial charge in [-0.25, -0.2) is 14.4 Å². The van der Waals surface area contributed by atoms with Crippen LogP contribution in [0.25, 0.3) is 0 Å². The highest BCUT2D eigenvalue weighted by atomic mass is 19.1. The van der Waals surface area contributed by atoms with Crippen molar-refractivity contribution in [3.05, 3.63) is 78.0 Å². The molecule has 28 heavy (non-hydrogen) atoms. The van der Waals surface area contributed by atoms with Crippen molar-refractivity contribution in [2.45, 2.75) is 13.5 Å². The van der Waals surface area contributed by atoms with Gasteiger partial charge in [-0.05, 0) is 35.9 Å². The molecule has 0 aliphatic heterocycles. The van der Waals surface area contributed by atoms with Gasteiger partial charge in [0.25, 0.3) is 5.91 Å². The third kappa shape index (κ3) is 5.34. The first-order valence-electron chi connectivity index (χ1n) is 8.49. The molecule has 0 radical (unpaired) electrons. The maximum atomic E-state index is 12.9. The molecule has 0 spiro atoms. The summed E-state index contributed by atoms with van der Waals surface area (Å²) < 4.78 is 12.9. The Morgan fingerprint density at radius 3 is 2.32 bits per heavy atom. The Balaban J connectivity index is 1.59. The van der Waals surface area contributed by atoms with E-state index < -0.39 is 5.91 Å². The predicted octanol–water partition coefficient (Wildman–Crippen LogP) is 3.44. The van der Waals surface area contributed by atoms with E-state index in [9.17, 15) is 14.0 Å². The maximum absolute atomic E-state index is 12.9. The van der Waals surface area contributed by atoms with Crippen LogP contribution in [0.4, 0.5) is 21.6 Å².